The Bertz CT molecular complexity index is 2320. The Hall–Kier alpha value is -5.76. The lowest BCUT2D eigenvalue weighted by Gasteiger charge is -2.26. The number of hydrogen-bond donors (Lipinski definition) is 1. The number of carboxylic acids is 1. The third kappa shape index (κ3) is 9.33. The van der Waals surface area contributed by atoms with Crippen LogP contribution in [-0.2, 0) is 4.79 Å². The first-order valence-electron chi connectivity index (χ1n) is 20.1. The van der Waals surface area contributed by atoms with Crippen LogP contribution in [0.15, 0.2) is 103 Å². The number of nitriles is 1. The Morgan fingerprint density at radius 2 is 1.21 bits per heavy atom. The molecule has 0 spiro atoms. The molecule has 2 aromatic heterocycles. The smallest absolute Gasteiger partial charge is 0.346 e. The van der Waals surface area contributed by atoms with Crippen molar-refractivity contribution >= 4 is 62.6 Å². The van der Waals surface area contributed by atoms with Gasteiger partial charge in [0, 0.05) is 32.7 Å². The number of rotatable bonds is 19. The summed E-state index contributed by atoms with van der Waals surface area (Å²) in [7, 11) is 0. The molecule has 0 atom stereocenters. The number of hydrogen-bond acceptors (Lipinski definition) is 9. The number of aliphatic carboxylic acids is 1. The van der Waals surface area contributed by atoms with Crippen LogP contribution in [-0.4, -0.2) is 37.5 Å². The number of nitrogens with zero attached hydrogens (tertiary/aromatic N) is 2. The summed E-state index contributed by atoms with van der Waals surface area (Å²) in [4.78, 5) is 17.5. The molecule has 298 valence electrons. The molecule has 7 rings (SSSR count). The fraction of sp³-hybridized carbons (Fsp3) is 0.292. The Morgan fingerprint density at radius 3 is 1.72 bits per heavy atom. The Balaban J connectivity index is 1.21. The largest absolute Gasteiger partial charge is 0.494 e. The molecule has 0 fully saturated rings. The van der Waals surface area contributed by atoms with E-state index in [1.807, 2.05) is 54.6 Å². The van der Waals surface area contributed by atoms with E-state index in [0.717, 1.165) is 72.4 Å². The highest BCUT2D eigenvalue weighted by molar-refractivity contribution is 7.26. The first kappa shape index (κ1) is 40.4. The topological polar surface area (TPSA) is 101 Å². The van der Waals surface area contributed by atoms with Crippen molar-refractivity contribution in [1.29, 1.82) is 5.26 Å². The van der Waals surface area contributed by atoms with Crippen molar-refractivity contribution < 1.29 is 28.8 Å². The van der Waals surface area contributed by atoms with Gasteiger partial charge in [-0.1, -0.05) is 88.8 Å². The molecule has 0 saturated heterocycles. The number of carboxylic acid groups (broad SMARTS) is 1. The molecule has 1 N–H and O–H groups in total. The average molecular weight is 813 g/mol. The Labute approximate surface area is 348 Å². The van der Waals surface area contributed by atoms with Gasteiger partial charge in [0.1, 0.15) is 36.4 Å². The molecule has 3 heterocycles. The Kier molecular flexibility index (Phi) is 13.7. The van der Waals surface area contributed by atoms with E-state index in [2.05, 4.69) is 67.3 Å². The molecule has 10 heteroatoms. The van der Waals surface area contributed by atoms with Gasteiger partial charge in [0.25, 0.3) is 0 Å². The minimum atomic E-state index is -1.26. The van der Waals surface area contributed by atoms with Crippen molar-refractivity contribution in [2.75, 3.05) is 31.3 Å². The molecule has 0 saturated carbocycles. The summed E-state index contributed by atoms with van der Waals surface area (Å²) in [6.45, 7) is 6.70. The fourth-order valence-corrected chi connectivity index (χ4v) is 9.54. The normalized spacial score (nSPS) is 12.3. The van der Waals surface area contributed by atoms with Crippen molar-refractivity contribution in [3.8, 4) is 49.3 Å². The van der Waals surface area contributed by atoms with Crippen LogP contribution in [0, 0.1) is 11.3 Å². The molecule has 4 aromatic carbocycles. The van der Waals surface area contributed by atoms with Crippen LogP contribution < -0.4 is 23.8 Å². The van der Waals surface area contributed by atoms with E-state index in [9.17, 15) is 15.2 Å². The van der Waals surface area contributed by atoms with E-state index in [1.165, 1.54) is 55.9 Å². The second-order valence-electron chi connectivity index (χ2n) is 14.1. The van der Waals surface area contributed by atoms with Gasteiger partial charge in [-0.25, -0.2) is 4.79 Å². The van der Waals surface area contributed by atoms with Crippen LogP contribution in [0.5, 0.6) is 23.0 Å². The predicted octanol–water partition coefficient (Wildman–Crippen LogP) is 13.4. The minimum absolute atomic E-state index is 0.315. The van der Waals surface area contributed by atoms with E-state index in [1.54, 1.807) is 11.3 Å². The molecule has 0 unspecified atom stereocenters. The lowest BCUT2D eigenvalue weighted by Crippen LogP contribution is -2.14. The molecule has 1 aliphatic rings. The van der Waals surface area contributed by atoms with Gasteiger partial charge in [-0.2, -0.15) is 5.26 Å². The molecule has 8 nitrogen and oxygen atoms in total. The highest BCUT2D eigenvalue weighted by Crippen LogP contribution is 2.56. The molecule has 0 radical (unpaired) electrons. The third-order valence-corrected chi connectivity index (χ3v) is 12.5. The number of anilines is 3. The van der Waals surface area contributed by atoms with Gasteiger partial charge in [-0.15, -0.1) is 22.7 Å². The van der Waals surface area contributed by atoms with Gasteiger partial charge < -0.3 is 29.0 Å². The van der Waals surface area contributed by atoms with Crippen molar-refractivity contribution in [3.05, 3.63) is 108 Å². The summed E-state index contributed by atoms with van der Waals surface area (Å²) in [5.74, 6) is 1.84. The van der Waals surface area contributed by atoms with Crippen molar-refractivity contribution in [2.24, 2.45) is 0 Å². The number of ether oxygens (including phenoxy) is 4. The molecule has 58 heavy (non-hydrogen) atoms. The molecule has 1 aliphatic heterocycles. The number of unbranched alkanes of at least 4 members (excludes halogenated alkanes) is 6. The lowest BCUT2D eigenvalue weighted by atomic mass is 10.1. The third-order valence-electron chi connectivity index (χ3n) is 9.99. The van der Waals surface area contributed by atoms with Crippen LogP contribution >= 0.6 is 22.7 Å². The summed E-state index contributed by atoms with van der Waals surface area (Å²) in [5, 5.41) is 20.9. The first-order valence-corrected chi connectivity index (χ1v) is 21.8. The zero-order chi connectivity index (χ0) is 40.3. The summed E-state index contributed by atoms with van der Waals surface area (Å²) in [6, 6.07) is 34.7. The molecule has 0 aliphatic carbocycles. The van der Waals surface area contributed by atoms with Gasteiger partial charge in [0.15, 0.2) is 11.5 Å². The fourth-order valence-electron chi connectivity index (χ4n) is 6.98. The van der Waals surface area contributed by atoms with Crippen molar-refractivity contribution in [1.82, 2.24) is 0 Å². The van der Waals surface area contributed by atoms with Crippen LogP contribution in [0.25, 0.3) is 37.0 Å². The van der Waals surface area contributed by atoms with E-state index in [4.69, 9.17) is 18.9 Å². The summed E-state index contributed by atoms with van der Waals surface area (Å²) in [5.41, 5.74) is 3.66. The number of fused-ring (bicyclic) bond motifs is 2. The number of benzene rings is 4. The van der Waals surface area contributed by atoms with Gasteiger partial charge in [0.2, 0.25) is 0 Å². The number of thiophene rings is 2. The molecule has 0 amide bonds. The monoisotopic (exact) mass is 812 g/mol. The van der Waals surface area contributed by atoms with Gasteiger partial charge >= 0.3 is 5.97 Å². The van der Waals surface area contributed by atoms with E-state index >= 15 is 0 Å². The quantitative estimate of drug-likeness (QED) is 0.0490. The van der Waals surface area contributed by atoms with E-state index < -0.39 is 5.97 Å². The minimum Gasteiger partial charge on any atom is -0.494 e. The first-order chi connectivity index (χ1) is 28.5. The molecule has 6 aromatic rings. The Morgan fingerprint density at radius 1 is 0.690 bits per heavy atom. The standard InChI is InChI=1S/C48H48N2O6S2/c1-3-5-7-11-27-53-38-23-19-36(20-24-38)50(37-21-25-39(26-22-37)54-28-12-8-6-4-2)35-17-15-33(16-18-35)45-43-44(56-30-29-55-43)47(58-45)46-41-14-10-9-13-40(41)42(57-46)31-34(32-49)48(51)52/h9-10,13-26,31H,3-8,11-12,27-30H2,1-2H3,(H,51,52)/b34-31+. The highest BCUT2D eigenvalue weighted by atomic mass is 32.1. The van der Waals surface area contributed by atoms with Crippen LogP contribution in [0.1, 0.15) is 70.1 Å². The van der Waals surface area contributed by atoms with Crippen molar-refractivity contribution in [2.45, 2.75) is 65.2 Å². The number of carbonyl (C=O) groups is 1. The predicted molar refractivity (Wildman–Crippen MR) is 237 cm³/mol. The maximum atomic E-state index is 11.7. The maximum Gasteiger partial charge on any atom is 0.346 e. The molecule has 0 bridgehead atoms. The average Bonchev–Trinajstić information content (AvgIpc) is 3.82. The molecular weight excluding hydrogens is 765 g/mol. The van der Waals surface area contributed by atoms with Crippen LogP contribution in [0.3, 0.4) is 0 Å². The van der Waals surface area contributed by atoms with Gasteiger partial charge in [0.05, 0.1) is 27.8 Å². The van der Waals surface area contributed by atoms with Gasteiger partial charge in [-0.3, -0.25) is 0 Å². The summed E-state index contributed by atoms with van der Waals surface area (Å²) < 4.78 is 24.8. The second kappa shape index (κ2) is 19.6. The lowest BCUT2D eigenvalue weighted by molar-refractivity contribution is -0.132. The highest BCUT2D eigenvalue weighted by Gasteiger charge is 2.29. The van der Waals surface area contributed by atoms with Crippen molar-refractivity contribution in [3.63, 3.8) is 0 Å². The van der Waals surface area contributed by atoms with E-state index in [0.29, 0.717) is 42.8 Å². The van der Waals surface area contributed by atoms with Crippen LogP contribution in [0.2, 0.25) is 0 Å². The van der Waals surface area contributed by atoms with Crippen LogP contribution in [0.4, 0.5) is 17.1 Å². The van der Waals surface area contributed by atoms with E-state index in [-0.39, 0.29) is 5.57 Å². The second-order valence-corrected chi connectivity index (χ2v) is 16.2. The zero-order valence-corrected chi connectivity index (χ0v) is 34.6. The summed E-state index contributed by atoms with van der Waals surface area (Å²) >= 11 is 3.03. The maximum absolute atomic E-state index is 11.7. The SMILES string of the molecule is CCCCCCOc1ccc(N(c2ccc(OCCCCCC)cc2)c2ccc(-c3sc(-c4sc(/C=C(\C#N)C(=O)O)c5ccccc45)c4c3OCCO4)cc2)cc1. The zero-order valence-electron chi connectivity index (χ0n) is 33.0. The summed E-state index contributed by atoms with van der Waals surface area (Å²) in [6.07, 6.45) is 10.7. The molecular formula is C48H48N2O6S2. The van der Waals surface area contributed by atoms with Gasteiger partial charge in [-0.05, 0) is 85.1 Å².